The van der Waals surface area contributed by atoms with Gasteiger partial charge in [-0.2, -0.15) is 10.6 Å². The average Bonchev–Trinajstić information content (AvgIpc) is 3.24. The Morgan fingerprint density at radius 1 is 1.17 bits per heavy atom. The van der Waals surface area contributed by atoms with Crippen LogP contribution >= 0.6 is 21.9 Å². The number of carbonyl (C=O) groups is 1. The molecule has 2 aromatic heterocycles. The maximum absolute atomic E-state index is 12.1. The van der Waals surface area contributed by atoms with Gasteiger partial charge in [-0.1, -0.05) is 41.7 Å². The summed E-state index contributed by atoms with van der Waals surface area (Å²) >= 11 is 1.26. The molecule has 36 heavy (non-hydrogen) atoms. The Balaban J connectivity index is 1.57. The quantitative estimate of drug-likeness (QED) is 0.255. The normalized spacial score (nSPS) is 17.9. The minimum absolute atomic E-state index is 0.0914. The van der Waals surface area contributed by atoms with Crippen molar-refractivity contribution < 1.29 is 24.1 Å². The van der Waals surface area contributed by atoms with E-state index in [1.54, 1.807) is 32.0 Å². The highest BCUT2D eigenvalue weighted by Gasteiger charge is 2.29. The lowest BCUT2D eigenvalue weighted by Crippen LogP contribution is -2.42. The molecule has 0 bridgehead atoms. The zero-order chi connectivity index (χ0) is 26.1. The predicted molar refractivity (Wildman–Crippen MR) is 143 cm³/mol. The lowest BCUT2D eigenvalue weighted by atomic mass is 9.97. The van der Waals surface area contributed by atoms with Crippen LogP contribution in [0.5, 0.6) is 0 Å². The summed E-state index contributed by atoms with van der Waals surface area (Å²) in [6.07, 6.45) is 0. The molecule has 1 unspecified atom stereocenters. The Morgan fingerprint density at radius 3 is 2.42 bits per heavy atom. The van der Waals surface area contributed by atoms with Crippen LogP contribution < -0.4 is 11.1 Å². The molecule has 0 spiro atoms. The highest BCUT2D eigenvalue weighted by molar-refractivity contribution is 8.24. The number of anilines is 2. The molecule has 1 aliphatic rings. The maximum atomic E-state index is 12.1. The van der Waals surface area contributed by atoms with Gasteiger partial charge in [-0.15, -0.1) is 0 Å². The molecular weight excluding hydrogens is 502 g/mol. The summed E-state index contributed by atoms with van der Waals surface area (Å²) in [5, 5.41) is 24.4. The largest absolute Gasteiger partial charge is 0.394 e. The summed E-state index contributed by atoms with van der Waals surface area (Å²) in [6, 6.07) is 12.2. The van der Waals surface area contributed by atoms with Gasteiger partial charge in [0.1, 0.15) is 15.8 Å². The van der Waals surface area contributed by atoms with E-state index in [1.165, 1.54) is 11.3 Å². The van der Waals surface area contributed by atoms with Gasteiger partial charge in [-0.3, -0.25) is 18.8 Å². The average molecular weight is 534 g/mol. The number of pyridine rings is 1. The summed E-state index contributed by atoms with van der Waals surface area (Å²) in [5.41, 5.74) is 6.87. The molecule has 1 aliphatic heterocycles. The van der Waals surface area contributed by atoms with Crippen molar-refractivity contribution in [1.82, 2.24) is 14.9 Å². The number of benzene rings is 1. The number of rotatable bonds is 8. The van der Waals surface area contributed by atoms with E-state index in [1.807, 2.05) is 29.2 Å². The van der Waals surface area contributed by atoms with Gasteiger partial charge in [0.15, 0.2) is 5.69 Å². The van der Waals surface area contributed by atoms with Crippen molar-refractivity contribution >= 4 is 38.7 Å². The number of hydrogen-bond donors (Lipinski definition) is 6. The van der Waals surface area contributed by atoms with Crippen molar-refractivity contribution in [3.63, 3.8) is 0 Å². The number of nitrogens with zero attached hydrogens (tertiary/aromatic N) is 3. The molecule has 4 rings (SSSR count). The number of amides is 1. The zero-order valence-electron chi connectivity index (χ0n) is 20.1. The highest BCUT2D eigenvalue weighted by atomic mass is 32.3. The molecule has 1 fully saturated rings. The fourth-order valence-electron chi connectivity index (χ4n) is 3.99. The predicted octanol–water partition coefficient (Wildman–Crippen LogP) is 3.37. The Bertz CT molecular complexity index is 1220. The van der Waals surface area contributed by atoms with Crippen LogP contribution in [0, 0.1) is 0 Å². The first kappa shape index (κ1) is 26.5. The first-order valence-corrected chi connectivity index (χ1v) is 14.1. The third-order valence-corrected chi connectivity index (χ3v) is 8.77. The second-order valence-electron chi connectivity index (χ2n) is 9.21. The molecule has 3 heterocycles. The topological polar surface area (TPSA) is 165 Å². The van der Waals surface area contributed by atoms with Crippen LogP contribution in [0.2, 0.25) is 0 Å². The Kier molecular flexibility index (Phi) is 7.67. The summed E-state index contributed by atoms with van der Waals surface area (Å²) in [5.74, 6) is 0.320. The summed E-state index contributed by atoms with van der Waals surface area (Å²) in [4.78, 5) is 23.2. The third-order valence-electron chi connectivity index (χ3n) is 6.08. The van der Waals surface area contributed by atoms with Gasteiger partial charge in [0.2, 0.25) is 0 Å². The van der Waals surface area contributed by atoms with Crippen LogP contribution in [0.1, 0.15) is 41.6 Å². The van der Waals surface area contributed by atoms with Gasteiger partial charge in [0.25, 0.3) is 5.91 Å². The number of nitrogens with two attached hydrogens (primary N) is 1. The smallest absolute Gasteiger partial charge is 0.270 e. The minimum Gasteiger partial charge on any atom is -0.394 e. The van der Waals surface area contributed by atoms with E-state index in [0.29, 0.717) is 34.6 Å². The first-order valence-electron chi connectivity index (χ1n) is 11.4. The fraction of sp³-hybridized carbons (Fsp3) is 0.375. The Hall–Kier alpha value is -2.58. The van der Waals surface area contributed by atoms with Crippen LogP contribution in [0.15, 0.2) is 42.5 Å². The molecule has 1 aromatic carbocycles. The molecule has 0 saturated carbocycles. The number of nitrogens with one attached hydrogen (secondary N) is 1. The van der Waals surface area contributed by atoms with Gasteiger partial charge >= 0.3 is 0 Å². The van der Waals surface area contributed by atoms with E-state index >= 15 is 0 Å². The highest BCUT2D eigenvalue weighted by Crippen LogP contribution is 2.42. The Labute approximate surface area is 215 Å². The third kappa shape index (κ3) is 6.03. The number of hydrogen-bond acceptors (Lipinski definition) is 10. The number of aliphatic hydroxyl groups excluding tert-OH is 1. The molecule has 12 heteroatoms. The number of thiazole rings is 1. The zero-order valence-corrected chi connectivity index (χ0v) is 21.7. The monoisotopic (exact) mass is 533 g/mol. The number of aliphatic hydroxyl groups is 2. The van der Waals surface area contributed by atoms with Gasteiger partial charge in [-0.05, 0) is 31.5 Å². The lowest BCUT2D eigenvalue weighted by molar-refractivity contribution is 0.0786. The molecule has 1 amide bonds. The van der Waals surface area contributed by atoms with E-state index in [-0.39, 0.29) is 23.8 Å². The SMILES string of the molecule is CC(C)(O)c1ccc(-c2nc(C(N)=O)c(Nc3cccc(C(CO)N4CCS(O)(O)CC4)n3)s2)cc1. The van der Waals surface area contributed by atoms with Crippen molar-refractivity contribution in [1.29, 1.82) is 0 Å². The number of aromatic nitrogens is 2. The van der Waals surface area contributed by atoms with Gasteiger partial charge in [-0.25, -0.2) is 9.97 Å². The molecular formula is C24H31N5O5S2. The van der Waals surface area contributed by atoms with E-state index in [4.69, 9.17) is 5.73 Å². The van der Waals surface area contributed by atoms with Crippen molar-refractivity contribution in [2.24, 2.45) is 5.73 Å². The van der Waals surface area contributed by atoms with Crippen LogP contribution in [-0.4, -0.2) is 71.3 Å². The van der Waals surface area contributed by atoms with Gasteiger partial charge in [0.05, 0.1) is 35.4 Å². The number of primary amides is 1. The van der Waals surface area contributed by atoms with E-state index in [2.05, 4.69) is 15.3 Å². The molecule has 1 atom stereocenters. The molecule has 3 aromatic rings. The van der Waals surface area contributed by atoms with Crippen molar-refractivity contribution in [3.05, 3.63) is 59.4 Å². The molecule has 0 aliphatic carbocycles. The molecule has 194 valence electrons. The van der Waals surface area contributed by atoms with E-state index in [9.17, 15) is 24.1 Å². The van der Waals surface area contributed by atoms with Crippen molar-refractivity contribution in [3.8, 4) is 10.6 Å². The molecule has 10 nitrogen and oxygen atoms in total. The second kappa shape index (κ2) is 10.4. The first-order chi connectivity index (χ1) is 17.0. The van der Waals surface area contributed by atoms with Crippen molar-refractivity contribution in [2.75, 3.05) is 36.5 Å². The summed E-state index contributed by atoms with van der Waals surface area (Å²) in [7, 11) is -2.55. The molecule has 1 saturated heterocycles. The van der Waals surface area contributed by atoms with Crippen LogP contribution in [-0.2, 0) is 5.60 Å². The van der Waals surface area contributed by atoms with E-state index in [0.717, 1.165) is 11.1 Å². The second-order valence-corrected chi connectivity index (χ2v) is 12.6. The van der Waals surface area contributed by atoms with E-state index < -0.39 is 28.1 Å². The minimum atomic E-state index is -2.55. The van der Waals surface area contributed by atoms with Gasteiger partial charge in [0, 0.05) is 18.7 Å². The summed E-state index contributed by atoms with van der Waals surface area (Å²) in [6.45, 7) is 4.14. The van der Waals surface area contributed by atoms with Crippen LogP contribution in [0.4, 0.5) is 10.8 Å². The Morgan fingerprint density at radius 2 is 1.83 bits per heavy atom. The van der Waals surface area contributed by atoms with Crippen LogP contribution in [0.3, 0.4) is 0 Å². The maximum Gasteiger partial charge on any atom is 0.270 e. The number of carbonyl (C=O) groups excluding carboxylic acids is 1. The lowest BCUT2D eigenvalue weighted by Gasteiger charge is -2.43. The molecule has 7 N–H and O–H groups in total. The fourth-order valence-corrected chi connectivity index (χ4v) is 6.23. The van der Waals surface area contributed by atoms with Gasteiger partial charge < -0.3 is 21.3 Å². The van der Waals surface area contributed by atoms with Crippen molar-refractivity contribution in [2.45, 2.75) is 25.5 Å². The molecule has 0 radical (unpaired) electrons. The summed E-state index contributed by atoms with van der Waals surface area (Å²) < 4.78 is 19.8. The van der Waals surface area contributed by atoms with Crippen LogP contribution in [0.25, 0.3) is 10.6 Å². The standard InChI is InChI=1S/C24H31N5O5S2/c1-24(2,32)16-8-6-15(7-9-16)22-28-20(21(25)31)23(35-22)27-19-5-3-4-17(26-19)18(14-30)29-10-12-36(33,34)13-11-29/h3-9,18,30,32-34H,10-14H2,1-2H3,(H2,25,31)(H,26,27).